The molecule has 4 N–H and O–H groups in total. The van der Waals surface area contributed by atoms with Crippen molar-refractivity contribution in [2.45, 2.75) is 19.8 Å². The number of hydrazine groups is 1. The summed E-state index contributed by atoms with van der Waals surface area (Å²) in [6, 6.07) is 3.17. The van der Waals surface area contributed by atoms with Gasteiger partial charge in [-0.25, -0.2) is 5.84 Å². The molecular formula is C9H15N5O. The molecule has 0 radical (unpaired) electrons. The van der Waals surface area contributed by atoms with E-state index in [2.05, 4.69) is 27.9 Å². The quantitative estimate of drug-likeness (QED) is 0.368. The van der Waals surface area contributed by atoms with E-state index in [9.17, 15) is 4.79 Å². The number of hydrogen-bond acceptors (Lipinski definition) is 5. The molecule has 0 atom stereocenters. The Bertz CT molecular complexity index is 311. The summed E-state index contributed by atoms with van der Waals surface area (Å²) in [6.07, 6.45) is 2.00. The Hall–Kier alpha value is -1.69. The predicted octanol–water partition coefficient (Wildman–Crippen LogP) is 0.292. The normalized spacial score (nSPS) is 9.73. The van der Waals surface area contributed by atoms with Crippen LogP contribution in [-0.2, 0) is 0 Å². The number of hydrogen-bond donors (Lipinski definition) is 3. The summed E-state index contributed by atoms with van der Waals surface area (Å²) < 4.78 is 0. The Morgan fingerprint density at radius 2 is 2.27 bits per heavy atom. The van der Waals surface area contributed by atoms with E-state index in [0.717, 1.165) is 12.8 Å². The van der Waals surface area contributed by atoms with Crippen LogP contribution in [0.5, 0.6) is 0 Å². The van der Waals surface area contributed by atoms with Crippen LogP contribution in [0.25, 0.3) is 0 Å². The lowest BCUT2D eigenvalue weighted by Crippen LogP contribution is -2.25. The van der Waals surface area contributed by atoms with E-state index in [1.165, 1.54) is 0 Å². The van der Waals surface area contributed by atoms with Crippen molar-refractivity contribution in [3.05, 3.63) is 17.8 Å². The van der Waals surface area contributed by atoms with Crippen LogP contribution in [-0.4, -0.2) is 22.6 Å². The number of aromatic nitrogens is 2. The Morgan fingerprint density at radius 1 is 1.47 bits per heavy atom. The molecule has 15 heavy (non-hydrogen) atoms. The van der Waals surface area contributed by atoms with E-state index in [-0.39, 0.29) is 5.91 Å². The number of nitrogens with one attached hydrogen (secondary N) is 2. The summed E-state index contributed by atoms with van der Waals surface area (Å²) in [5.41, 5.74) is 2.64. The van der Waals surface area contributed by atoms with Crippen molar-refractivity contribution in [1.82, 2.24) is 15.5 Å². The number of carbonyl (C=O) groups excluding carboxylic acids is 1. The summed E-state index contributed by atoms with van der Waals surface area (Å²) in [7, 11) is 0. The number of rotatable bonds is 5. The predicted molar refractivity (Wildman–Crippen MR) is 57.1 cm³/mol. The SMILES string of the molecule is CCCCNC(=O)c1ccc(NN)nn1. The molecule has 1 amide bonds. The Morgan fingerprint density at radius 3 is 2.80 bits per heavy atom. The van der Waals surface area contributed by atoms with E-state index >= 15 is 0 Å². The van der Waals surface area contributed by atoms with Crippen molar-refractivity contribution >= 4 is 11.7 Å². The lowest BCUT2D eigenvalue weighted by atomic mass is 10.3. The van der Waals surface area contributed by atoms with Crippen LogP contribution in [0.2, 0.25) is 0 Å². The van der Waals surface area contributed by atoms with Gasteiger partial charge in [0.2, 0.25) is 0 Å². The van der Waals surface area contributed by atoms with Crippen molar-refractivity contribution < 1.29 is 4.79 Å². The number of nitrogens with zero attached hydrogens (tertiary/aromatic N) is 2. The lowest BCUT2D eigenvalue weighted by Gasteiger charge is -2.03. The van der Waals surface area contributed by atoms with Crippen LogP contribution in [0, 0.1) is 0 Å². The third-order valence-electron chi connectivity index (χ3n) is 1.86. The van der Waals surface area contributed by atoms with Gasteiger partial charge in [-0.15, -0.1) is 10.2 Å². The second-order valence-electron chi connectivity index (χ2n) is 3.06. The molecule has 6 nitrogen and oxygen atoms in total. The third kappa shape index (κ3) is 3.51. The Kier molecular flexibility index (Phi) is 4.49. The highest BCUT2D eigenvalue weighted by Gasteiger charge is 2.06. The van der Waals surface area contributed by atoms with E-state index in [0.29, 0.717) is 18.1 Å². The number of anilines is 1. The molecule has 0 saturated heterocycles. The summed E-state index contributed by atoms with van der Waals surface area (Å²) in [5, 5.41) is 10.2. The summed E-state index contributed by atoms with van der Waals surface area (Å²) in [4.78, 5) is 11.5. The molecule has 1 aromatic rings. The van der Waals surface area contributed by atoms with Gasteiger partial charge in [0.05, 0.1) is 0 Å². The second kappa shape index (κ2) is 5.92. The van der Waals surface area contributed by atoms with Gasteiger partial charge in [-0.3, -0.25) is 4.79 Å². The first-order valence-electron chi connectivity index (χ1n) is 4.86. The molecular weight excluding hydrogens is 194 g/mol. The molecule has 6 heteroatoms. The topological polar surface area (TPSA) is 92.9 Å². The van der Waals surface area contributed by atoms with Crippen LogP contribution < -0.4 is 16.6 Å². The van der Waals surface area contributed by atoms with Gasteiger partial charge in [0.1, 0.15) is 0 Å². The van der Waals surface area contributed by atoms with Crippen LogP contribution in [0.4, 0.5) is 5.82 Å². The minimum atomic E-state index is -0.209. The molecule has 1 rings (SSSR count). The number of nitrogen functional groups attached to an aromatic ring is 1. The average molecular weight is 209 g/mol. The number of amides is 1. The van der Waals surface area contributed by atoms with E-state index in [1.54, 1.807) is 12.1 Å². The van der Waals surface area contributed by atoms with Gasteiger partial charge < -0.3 is 10.7 Å². The Labute approximate surface area is 88.2 Å². The Balaban J connectivity index is 2.50. The zero-order valence-electron chi connectivity index (χ0n) is 8.66. The average Bonchev–Trinajstić information content (AvgIpc) is 2.29. The molecule has 0 unspecified atom stereocenters. The standard InChI is InChI=1S/C9H15N5O/c1-2-3-6-11-9(15)7-4-5-8(12-10)14-13-7/h4-5H,2-3,6,10H2,1H3,(H,11,15)(H,12,14). The molecule has 0 aliphatic rings. The fourth-order valence-corrected chi connectivity index (χ4v) is 1.000. The first-order chi connectivity index (χ1) is 7.27. The molecule has 0 aliphatic carbocycles. The van der Waals surface area contributed by atoms with Crippen molar-refractivity contribution in [1.29, 1.82) is 0 Å². The minimum absolute atomic E-state index is 0.209. The number of unbranched alkanes of at least 4 members (excludes halogenated alkanes) is 1. The molecule has 1 aromatic heterocycles. The van der Waals surface area contributed by atoms with Gasteiger partial charge in [-0.1, -0.05) is 13.3 Å². The van der Waals surface area contributed by atoms with Crippen molar-refractivity contribution in [3.63, 3.8) is 0 Å². The van der Waals surface area contributed by atoms with Gasteiger partial charge in [-0.2, -0.15) is 0 Å². The van der Waals surface area contributed by atoms with Gasteiger partial charge in [0, 0.05) is 6.54 Å². The molecule has 82 valence electrons. The maximum Gasteiger partial charge on any atom is 0.271 e. The fourth-order valence-electron chi connectivity index (χ4n) is 1.000. The van der Waals surface area contributed by atoms with Crippen LogP contribution in [0.3, 0.4) is 0 Å². The van der Waals surface area contributed by atoms with Gasteiger partial charge in [0.25, 0.3) is 5.91 Å². The molecule has 0 aromatic carbocycles. The summed E-state index contributed by atoms with van der Waals surface area (Å²) in [5.74, 6) is 5.34. The number of nitrogens with two attached hydrogens (primary N) is 1. The van der Waals surface area contributed by atoms with Crippen LogP contribution >= 0.6 is 0 Å². The van der Waals surface area contributed by atoms with E-state index < -0.39 is 0 Å². The van der Waals surface area contributed by atoms with Gasteiger partial charge >= 0.3 is 0 Å². The van der Waals surface area contributed by atoms with Crippen molar-refractivity contribution in [2.75, 3.05) is 12.0 Å². The first kappa shape index (κ1) is 11.4. The monoisotopic (exact) mass is 209 g/mol. The fraction of sp³-hybridized carbons (Fsp3) is 0.444. The van der Waals surface area contributed by atoms with E-state index in [4.69, 9.17) is 5.84 Å². The highest BCUT2D eigenvalue weighted by molar-refractivity contribution is 5.92. The molecule has 0 fully saturated rings. The maximum absolute atomic E-state index is 11.5. The molecule has 0 saturated carbocycles. The lowest BCUT2D eigenvalue weighted by molar-refractivity contribution is 0.0947. The summed E-state index contributed by atoms with van der Waals surface area (Å²) in [6.45, 7) is 2.72. The zero-order chi connectivity index (χ0) is 11.1. The van der Waals surface area contributed by atoms with Gasteiger partial charge in [0.15, 0.2) is 11.5 Å². The zero-order valence-corrected chi connectivity index (χ0v) is 8.66. The largest absolute Gasteiger partial charge is 0.351 e. The minimum Gasteiger partial charge on any atom is -0.351 e. The molecule has 0 bridgehead atoms. The van der Waals surface area contributed by atoms with Crippen molar-refractivity contribution in [3.8, 4) is 0 Å². The molecule has 0 spiro atoms. The second-order valence-corrected chi connectivity index (χ2v) is 3.06. The molecule has 1 heterocycles. The van der Waals surface area contributed by atoms with Crippen LogP contribution in [0.1, 0.15) is 30.3 Å². The highest BCUT2D eigenvalue weighted by atomic mass is 16.1. The highest BCUT2D eigenvalue weighted by Crippen LogP contribution is 1.99. The summed E-state index contributed by atoms with van der Waals surface area (Å²) >= 11 is 0. The molecule has 0 aliphatic heterocycles. The van der Waals surface area contributed by atoms with Crippen molar-refractivity contribution in [2.24, 2.45) is 5.84 Å². The van der Waals surface area contributed by atoms with Gasteiger partial charge in [-0.05, 0) is 18.6 Å². The first-order valence-corrected chi connectivity index (χ1v) is 4.86. The van der Waals surface area contributed by atoms with Crippen LogP contribution in [0.15, 0.2) is 12.1 Å². The van der Waals surface area contributed by atoms with E-state index in [1.807, 2.05) is 0 Å². The smallest absolute Gasteiger partial charge is 0.271 e. The maximum atomic E-state index is 11.5. The number of carbonyl (C=O) groups is 1. The third-order valence-corrected chi connectivity index (χ3v) is 1.86.